The van der Waals surface area contributed by atoms with Crippen LogP contribution in [0.25, 0.3) is 0 Å². The fourth-order valence-corrected chi connectivity index (χ4v) is 2.08. The maximum atomic E-state index is 11.5. The van der Waals surface area contributed by atoms with E-state index in [2.05, 4.69) is 0 Å². The number of imide groups is 1. The van der Waals surface area contributed by atoms with E-state index in [1.54, 1.807) is 0 Å². The Morgan fingerprint density at radius 1 is 1.40 bits per heavy atom. The van der Waals surface area contributed by atoms with Gasteiger partial charge in [0.1, 0.15) is 6.04 Å². The summed E-state index contributed by atoms with van der Waals surface area (Å²) in [5, 5.41) is 10.2. The third kappa shape index (κ3) is 3.14. The molecule has 0 radical (unpaired) electrons. The van der Waals surface area contributed by atoms with Gasteiger partial charge in [0.25, 0.3) is 5.91 Å². The molecule has 1 saturated heterocycles. The van der Waals surface area contributed by atoms with Crippen LogP contribution in [0.4, 0.5) is 9.59 Å². The van der Waals surface area contributed by atoms with Crippen LogP contribution in [-0.2, 0) is 19.8 Å². The Kier molecular flexibility index (Phi) is 4.17. The van der Waals surface area contributed by atoms with Crippen molar-refractivity contribution in [1.29, 1.82) is 0 Å². The number of hydrogen-bond acceptors (Lipinski definition) is 6. The third-order valence-electron chi connectivity index (χ3n) is 2.49. The molecule has 112 valence electrons. The lowest BCUT2D eigenvalue weighted by atomic mass is 10.1. The zero-order valence-corrected chi connectivity index (χ0v) is 11.3. The number of likely N-dealkylation sites (tertiary alicyclic amines) is 1. The molecule has 0 aromatic carbocycles. The summed E-state index contributed by atoms with van der Waals surface area (Å²) in [4.78, 5) is 44.6. The number of carboxylic acid groups (broad SMARTS) is 1. The maximum Gasteiger partial charge on any atom is 0.405 e. The fraction of sp³-hybridized carbons (Fsp3) is 0.500. The van der Waals surface area contributed by atoms with Crippen molar-refractivity contribution in [2.75, 3.05) is 13.6 Å². The van der Waals surface area contributed by atoms with Crippen LogP contribution in [0.2, 0.25) is 0 Å². The summed E-state index contributed by atoms with van der Waals surface area (Å²) >= 11 is 0. The standard InChI is InChI=1S/C8H12N4O7S/c1-4(13)11(2)20(18,19)10-7(15)12-3-5(6(12)14)9-8(16)17/h5,9H,3H2,1-2H3,(H,10,15)(H,16,17)/t5-/m0/s1. The maximum absolute atomic E-state index is 11.5. The summed E-state index contributed by atoms with van der Waals surface area (Å²) in [6.07, 6.45) is -1.44. The van der Waals surface area contributed by atoms with Gasteiger partial charge in [0.2, 0.25) is 5.91 Å². The zero-order valence-electron chi connectivity index (χ0n) is 10.5. The molecule has 12 heteroatoms. The number of hydrogen-bond donors (Lipinski definition) is 3. The second-order valence-electron chi connectivity index (χ2n) is 3.85. The number of nitrogens with zero attached hydrogens (tertiary/aromatic N) is 2. The lowest BCUT2D eigenvalue weighted by Gasteiger charge is -2.36. The number of β-lactam (4-membered cyclic amide) rings is 1. The first-order chi connectivity index (χ1) is 9.06. The van der Waals surface area contributed by atoms with Crippen molar-refractivity contribution in [3.8, 4) is 0 Å². The molecule has 5 amide bonds. The number of carbonyl (C=O) groups excluding carboxylic acids is 3. The predicted molar refractivity (Wildman–Crippen MR) is 62.6 cm³/mol. The largest absolute Gasteiger partial charge is 0.465 e. The number of amides is 5. The number of nitrogens with one attached hydrogen (secondary N) is 2. The minimum absolute atomic E-state index is 0.294. The molecule has 0 aromatic heterocycles. The average molecular weight is 308 g/mol. The molecule has 1 atom stereocenters. The molecule has 3 N–H and O–H groups in total. The van der Waals surface area contributed by atoms with Gasteiger partial charge in [0, 0.05) is 14.0 Å². The van der Waals surface area contributed by atoms with Crippen LogP contribution in [0.1, 0.15) is 6.92 Å². The third-order valence-corrected chi connectivity index (χ3v) is 3.90. The van der Waals surface area contributed by atoms with Crippen LogP contribution >= 0.6 is 0 Å². The van der Waals surface area contributed by atoms with Crippen LogP contribution in [0, 0.1) is 0 Å². The highest BCUT2D eigenvalue weighted by molar-refractivity contribution is 7.88. The molecule has 1 aliphatic heterocycles. The van der Waals surface area contributed by atoms with E-state index in [1.165, 1.54) is 4.72 Å². The molecule has 0 aromatic rings. The average Bonchev–Trinajstić information content (AvgIpc) is 2.31. The number of urea groups is 1. The van der Waals surface area contributed by atoms with Gasteiger partial charge in [0.05, 0.1) is 6.54 Å². The van der Waals surface area contributed by atoms with Gasteiger partial charge in [-0.05, 0) is 0 Å². The molecule has 1 heterocycles. The highest BCUT2D eigenvalue weighted by Gasteiger charge is 2.43. The topological polar surface area (TPSA) is 153 Å². The van der Waals surface area contributed by atoms with Crippen molar-refractivity contribution < 1.29 is 32.7 Å². The van der Waals surface area contributed by atoms with Crippen molar-refractivity contribution >= 4 is 34.1 Å². The predicted octanol–water partition coefficient (Wildman–Crippen LogP) is -2.10. The van der Waals surface area contributed by atoms with Crippen LogP contribution < -0.4 is 10.0 Å². The monoisotopic (exact) mass is 308 g/mol. The fourth-order valence-electron chi connectivity index (χ4n) is 1.27. The molecule has 0 aliphatic carbocycles. The molecular formula is C8H12N4O7S. The van der Waals surface area contributed by atoms with Gasteiger partial charge in [0.15, 0.2) is 0 Å². The number of rotatable bonds is 3. The van der Waals surface area contributed by atoms with E-state index >= 15 is 0 Å². The normalized spacial score (nSPS) is 18.0. The zero-order chi connectivity index (χ0) is 15.7. The van der Waals surface area contributed by atoms with E-state index in [-0.39, 0.29) is 6.54 Å². The van der Waals surface area contributed by atoms with E-state index in [1.807, 2.05) is 5.32 Å². The molecule has 1 rings (SSSR count). The van der Waals surface area contributed by atoms with E-state index < -0.39 is 40.2 Å². The first-order valence-electron chi connectivity index (χ1n) is 5.18. The molecule has 1 fully saturated rings. The Bertz CT molecular complexity index is 571. The van der Waals surface area contributed by atoms with Gasteiger partial charge in [-0.1, -0.05) is 0 Å². The SMILES string of the molecule is CC(=O)N(C)S(=O)(=O)NC(=O)N1C[C@H](NC(=O)O)C1=O. The Balaban J connectivity index is 2.64. The highest BCUT2D eigenvalue weighted by Crippen LogP contribution is 2.11. The smallest absolute Gasteiger partial charge is 0.405 e. The molecule has 20 heavy (non-hydrogen) atoms. The van der Waals surface area contributed by atoms with Crippen LogP contribution in [0.5, 0.6) is 0 Å². The lowest BCUT2D eigenvalue weighted by Crippen LogP contribution is -2.67. The number of carbonyl (C=O) groups is 4. The summed E-state index contributed by atoms with van der Waals surface area (Å²) in [5.41, 5.74) is 0. The molecular weight excluding hydrogens is 296 g/mol. The van der Waals surface area contributed by atoms with Crippen LogP contribution in [0.15, 0.2) is 0 Å². The minimum atomic E-state index is -4.39. The van der Waals surface area contributed by atoms with Crippen molar-refractivity contribution in [1.82, 2.24) is 19.2 Å². The molecule has 1 aliphatic rings. The first-order valence-corrected chi connectivity index (χ1v) is 6.62. The van der Waals surface area contributed by atoms with Crippen LogP contribution in [0.3, 0.4) is 0 Å². The second kappa shape index (κ2) is 5.32. The Morgan fingerprint density at radius 2 is 1.95 bits per heavy atom. The molecule has 0 bridgehead atoms. The molecule has 0 unspecified atom stereocenters. The minimum Gasteiger partial charge on any atom is -0.465 e. The van der Waals surface area contributed by atoms with Crippen LogP contribution in [-0.4, -0.2) is 66.3 Å². The van der Waals surface area contributed by atoms with Gasteiger partial charge in [-0.15, -0.1) is 0 Å². The molecule has 0 saturated carbocycles. The van der Waals surface area contributed by atoms with Gasteiger partial charge in [-0.25, -0.2) is 18.6 Å². The van der Waals surface area contributed by atoms with Crippen molar-refractivity contribution in [2.24, 2.45) is 0 Å². The summed E-state index contributed by atoms with van der Waals surface area (Å²) in [7, 11) is -3.46. The Morgan fingerprint density at radius 3 is 2.35 bits per heavy atom. The molecule has 11 nitrogen and oxygen atoms in total. The van der Waals surface area contributed by atoms with Gasteiger partial charge in [-0.3, -0.25) is 14.5 Å². The first kappa shape index (κ1) is 15.7. The summed E-state index contributed by atoms with van der Waals surface area (Å²) < 4.78 is 24.8. The van der Waals surface area contributed by atoms with Crippen molar-refractivity contribution in [3.05, 3.63) is 0 Å². The van der Waals surface area contributed by atoms with Crippen molar-refractivity contribution in [2.45, 2.75) is 13.0 Å². The van der Waals surface area contributed by atoms with E-state index in [9.17, 15) is 27.6 Å². The lowest BCUT2D eigenvalue weighted by molar-refractivity contribution is -0.139. The highest BCUT2D eigenvalue weighted by atomic mass is 32.2. The molecule has 0 spiro atoms. The Labute approximate surface area is 113 Å². The quantitative estimate of drug-likeness (QED) is 0.504. The van der Waals surface area contributed by atoms with E-state index in [4.69, 9.17) is 5.11 Å². The summed E-state index contributed by atoms with van der Waals surface area (Å²) in [6.45, 7) is 0.682. The van der Waals surface area contributed by atoms with Crippen molar-refractivity contribution in [3.63, 3.8) is 0 Å². The van der Waals surface area contributed by atoms with E-state index in [0.29, 0.717) is 9.21 Å². The summed E-state index contributed by atoms with van der Waals surface area (Å²) in [6, 6.07) is -2.35. The van der Waals surface area contributed by atoms with E-state index in [0.717, 1.165) is 14.0 Å². The van der Waals surface area contributed by atoms with Gasteiger partial charge < -0.3 is 10.4 Å². The van der Waals surface area contributed by atoms with Gasteiger partial charge in [-0.2, -0.15) is 8.42 Å². The summed E-state index contributed by atoms with van der Waals surface area (Å²) in [5.74, 6) is -1.71. The van der Waals surface area contributed by atoms with Gasteiger partial charge >= 0.3 is 22.3 Å². The second-order valence-corrected chi connectivity index (χ2v) is 5.55. The Hall–Kier alpha value is -2.37.